The minimum atomic E-state index is 0.551. The van der Waals surface area contributed by atoms with E-state index >= 15 is 0 Å². The number of nitrogens with zero attached hydrogens (tertiary/aromatic N) is 1. The van der Waals surface area contributed by atoms with Gasteiger partial charge in [0.2, 0.25) is 0 Å². The van der Waals surface area contributed by atoms with Gasteiger partial charge in [-0.2, -0.15) is 0 Å². The van der Waals surface area contributed by atoms with Crippen LogP contribution < -0.4 is 0 Å². The number of hydrogen-bond donors (Lipinski definition) is 0. The fraction of sp³-hybridized carbons (Fsp3) is 0.250. The maximum absolute atomic E-state index is 6.28. The van der Waals surface area contributed by atoms with Crippen LogP contribution in [0.25, 0.3) is 10.9 Å². The molecule has 0 N–H and O–H groups in total. The van der Waals surface area contributed by atoms with E-state index in [4.69, 9.17) is 23.2 Å². The van der Waals surface area contributed by atoms with Crippen molar-refractivity contribution in [2.24, 2.45) is 0 Å². The van der Waals surface area contributed by atoms with E-state index in [1.165, 1.54) is 0 Å². The molecule has 0 bridgehead atoms. The lowest BCUT2D eigenvalue weighted by Crippen LogP contribution is -1.91. The summed E-state index contributed by atoms with van der Waals surface area (Å²) in [6.07, 6.45) is 0.851. The standard InChI is InChI=1S/C12H10BrCl2N/c1-3-7-5-8-10(14)6(2)4-9(13)11(8)16-12(7)15/h4-5H,3H2,1-2H3. The lowest BCUT2D eigenvalue weighted by atomic mass is 10.1. The van der Waals surface area contributed by atoms with Gasteiger partial charge in [-0.15, -0.1) is 0 Å². The number of halogens is 3. The average molecular weight is 319 g/mol. The molecule has 1 aromatic carbocycles. The average Bonchev–Trinajstić information content (AvgIpc) is 2.25. The third-order valence-electron chi connectivity index (χ3n) is 2.58. The highest BCUT2D eigenvalue weighted by Gasteiger charge is 2.11. The SMILES string of the molecule is CCc1cc2c(Cl)c(C)cc(Br)c2nc1Cl. The molecule has 2 aromatic rings. The number of aryl methyl sites for hydroxylation is 2. The van der Waals surface area contributed by atoms with Gasteiger partial charge in [-0.05, 0) is 52.5 Å². The molecule has 0 aliphatic heterocycles. The Bertz CT molecular complexity index is 567. The molecular weight excluding hydrogens is 309 g/mol. The van der Waals surface area contributed by atoms with Crippen molar-refractivity contribution in [3.63, 3.8) is 0 Å². The second-order valence-corrected chi connectivity index (χ2v) is 5.27. The molecule has 0 saturated carbocycles. The van der Waals surface area contributed by atoms with Crippen molar-refractivity contribution in [1.82, 2.24) is 4.98 Å². The Hall–Kier alpha value is -0.310. The molecule has 1 nitrogen and oxygen atoms in total. The summed E-state index contributed by atoms with van der Waals surface area (Å²) in [4.78, 5) is 4.38. The fourth-order valence-corrected chi connectivity index (χ4v) is 2.78. The first kappa shape index (κ1) is 12.2. The maximum atomic E-state index is 6.28. The second-order valence-electron chi connectivity index (χ2n) is 3.68. The van der Waals surface area contributed by atoms with Crippen LogP contribution in [0.15, 0.2) is 16.6 Å². The lowest BCUT2D eigenvalue weighted by Gasteiger charge is -2.09. The van der Waals surface area contributed by atoms with E-state index < -0.39 is 0 Å². The summed E-state index contributed by atoms with van der Waals surface area (Å²) in [5, 5.41) is 2.25. The summed E-state index contributed by atoms with van der Waals surface area (Å²) < 4.78 is 0.925. The van der Waals surface area contributed by atoms with Gasteiger partial charge in [0, 0.05) is 9.86 Å². The Morgan fingerprint density at radius 3 is 2.62 bits per heavy atom. The number of pyridine rings is 1. The number of aromatic nitrogens is 1. The van der Waals surface area contributed by atoms with Gasteiger partial charge in [0.1, 0.15) is 5.15 Å². The predicted molar refractivity (Wildman–Crippen MR) is 73.6 cm³/mol. The molecular formula is C12H10BrCl2N. The van der Waals surface area contributed by atoms with E-state index in [9.17, 15) is 0 Å². The molecule has 0 saturated heterocycles. The molecule has 0 unspecified atom stereocenters. The molecule has 0 atom stereocenters. The van der Waals surface area contributed by atoms with Crippen molar-refractivity contribution in [1.29, 1.82) is 0 Å². The van der Waals surface area contributed by atoms with Crippen LogP contribution in [0.1, 0.15) is 18.1 Å². The number of rotatable bonds is 1. The molecule has 1 heterocycles. The van der Waals surface area contributed by atoms with Crippen LogP contribution in [0, 0.1) is 6.92 Å². The van der Waals surface area contributed by atoms with E-state index in [0.29, 0.717) is 5.15 Å². The Balaban J connectivity index is 2.90. The van der Waals surface area contributed by atoms with Crippen LogP contribution in [-0.2, 0) is 6.42 Å². The molecule has 1 aromatic heterocycles. The van der Waals surface area contributed by atoms with E-state index in [0.717, 1.165) is 37.9 Å². The number of benzene rings is 1. The van der Waals surface area contributed by atoms with Gasteiger partial charge in [-0.1, -0.05) is 30.1 Å². The van der Waals surface area contributed by atoms with Gasteiger partial charge in [0.05, 0.1) is 10.5 Å². The fourth-order valence-electron chi connectivity index (χ4n) is 1.66. The zero-order chi connectivity index (χ0) is 11.9. The van der Waals surface area contributed by atoms with Crippen LogP contribution in [-0.4, -0.2) is 4.98 Å². The maximum Gasteiger partial charge on any atom is 0.133 e. The highest BCUT2D eigenvalue weighted by atomic mass is 79.9. The van der Waals surface area contributed by atoms with E-state index in [-0.39, 0.29) is 0 Å². The summed E-state index contributed by atoms with van der Waals surface area (Å²) in [6.45, 7) is 4.03. The lowest BCUT2D eigenvalue weighted by molar-refractivity contribution is 1.12. The minimum Gasteiger partial charge on any atom is -0.235 e. The van der Waals surface area contributed by atoms with Crippen molar-refractivity contribution in [2.45, 2.75) is 20.3 Å². The monoisotopic (exact) mass is 317 g/mol. The Morgan fingerprint density at radius 1 is 1.31 bits per heavy atom. The Morgan fingerprint density at radius 2 is 2.00 bits per heavy atom. The highest BCUT2D eigenvalue weighted by Crippen LogP contribution is 2.34. The predicted octanol–water partition coefficient (Wildman–Crippen LogP) is 5.17. The van der Waals surface area contributed by atoms with Crippen LogP contribution in [0.5, 0.6) is 0 Å². The van der Waals surface area contributed by atoms with Crippen molar-refractivity contribution in [3.8, 4) is 0 Å². The first-order chi connectivity index (χ1) is 7.54. The smallest absolute Gasteiger partial charge is 0.133 e. The topological polar surface area (TPSA) is 12.9 Å². The van der Waals surface area contributed by atoms with Gasteiger partial charge < -0.3 is 0 Å². The largest absolute Gasteiger partial charge is 0.235 e. The van der Waals surface area contributed by atoms with Gasteiger partial charge in [-0.25, -0.2) is 4.98 Å². The number of hydrogen-bond acceptors (Lipinski definition) is 1. The van der Waals surface area contributed by atoms with Gasteiger partial charge in [-0.3, -0.25) is 0 Å². The molecule has 2 rings (SSSR count). The first-order valence-corrected chi connectivity index (χ1v) is 6.53. The van der Waals surface area contributed by atoms with Crippen molar-refractivity contribution in [2.75, 3.05) is 0 Å². The molecule has 0 aliphatic carbocycles. The summed E-state index contributed by atoms with van der Waals surface area (Å²) in [5.41, 5.74) is 2.87. The van der Waals surface area contributed by atoms with Gasteiger partial charge >= 0.3 is 0 Å². The third-order valence-corrected chi connectivity index (χ3v) is 4.02. The quantitative estimate of drug-likeness (QED) is 0.661. The van der Waals surface area contributed by atoms with Crippen molar-refractivity contribution < 1.29 is 0 Å². The number of fused-ring (bicyclic) bond motifs is 1. The highest BCUT2D eigenvalue weighted by molar-refractivity contribution is 9.10. The molecule has 4 heteroatoms. The van der Waals surface area contributed by atoms with Crippen molar-refractivity contribution in [3.05, 3.63) is 37.9 Å². The molecule has 0 radical (unpaired) electrons. The summed E-state index contributed by atoms with van der Waals surface area (Å²) in [5.74, 6) is 0. The minimum absolute atomic E-state index is 0.551. The summed E-state index contributed by atoms with van der Waals surface area (Å²) in [6, 6.07) is 3.98. The summed E-state index contributed by atoms with van der Waals surface area (Å²) in [7, 11) is 0. The first-order valence-electron chi connectivity index (χ1n) is 4.98. The molecule has 0 aliphatic rings. The van der Waals surface area contributed by atoms with E-state index in [2.05, 4.69) is 20.9 Å². The molecule has 0 fully saturated rings. The van der Waals surface area contributed by atoms with Crippen LogP contribution >= 0.6 is 39.1 Å². The van der Waals surface area contributed by atoms with Crippen molar-refractivity contribution >= 4 is 50.0 Å². The third kappa shape index (κ3) is 1.94. The normalized spacial score (nSPS) is 11.1. The molecule has 0 amide bonds. The zero-order valence-electron chi connectivity index (χ0n) is 8.94. The summed E-state index contributed by atoms with van der Waals surface area (Å²) >= 11 is 15.9. The molecule has 84 valence electrons. The van der Waals surface area contributed by atoms with Crippen LogP contribution in [0.4, 0.5) is 0 Å². The zero-order valence-corrected chi connectivity index (χ0v) is 12.0. The van der Waals surface area contributed by atoms with Crippen LogP contribution in [0.2, 0.25) is 10.2 Å². The van der Waals surface area contributed by atoms with E-state index in [1.807, 2.05) is 26.0 Å². The Kier molecular flexibility index (Phi) is 3.43. The van der Waals surface area contributed by atoms with Gasteiger partial charge in [0.25, 0.3) is 0 Å². The Labute approximate surface area is 113 Å². The molecule has 0 spiro atoms. The van der Waals surface area contributed by atoms with E-state index in [1.54, 1.807) is 0 Å². The second kappa shape index (κ2) is 4.52. The van der Waals surface area contributed by atoms with Crippen LogP contribution in [0.3, 0.4) is 0 Å². The molecule has 16 heavy (non-hydrogen) atoms. The van der Waals surface area contributed by atoms with Gasteiger partial charge in [0.15, 0.2) is 0 Å².